The number of rotatable bonds is 9. The topological polar surface area (TPSA) is 113 Å². The van der Waals surface area contributed by atoms with Gasteiger partial charge in [0, 0.05) is 57.6 Å². The fourth-order valence-electron chi connectivity index (χ4n) is 4.49. The fourth-order valence-corrected chi connectivity index (χ4v) is 4.49. The van der Waals surface area contributed by atoms with Crippen LogP contribution in [0.25, 0.3) is 0 Å². The van der Waals surface area contributed by atoms with Crippen LogP contribution in [0.3, 0.4) is 0 Å². The molecular formula is C25H37N5O6. The Balaban J connectivity index is 2.00. The highest BCUT2D eigenvalue weighted by atomic mass is 16.5. The van der Waals surface area contributed by atoms with Crippen molar-refractivity contribution < 1.29 is 28.6 Å². The molecule has 2 aliphatic heterocycles. The van der Waals surface area contributed by atoms with E-state index >= 15 is 0 Å². The molecule has 2 aliphatic rings. The molecule has 1 aromatic rings. The highest BCUT2D eigenvalue weighted by Crippen LogP contribution is 2.35. The molecule has 3 rings (SSSR count). The Morgan fingerprint density at radius 2 is 1.67 bits per heavy atom. The van der Waals surface area contributed by atoms with Gasteiger partial charge in [0.05, 0.1) is 32.4 Å². The van der Waals surface area contributed by atoms with Gasteiger partial charge in [0.2, 0.25) is 0 Å². The first kappa shape index (κ1) is 27.1. The first-order valence-corrected chi connectivity index (χ1v) is 12.3. The molecule has 0 saturated carbocycles. The summed E-state index contributed by atoms with van der Waals surface area (Å²) in [7, 11) is 3.09. The lowest BCUT2D eigenvalue weighted by atomic mass is 9.93. The highest BCUT2D eigenvalue weighted by Gasteiger charge is 2.39. The number of benzene rings is 1. The molecule has 0 radical (unpaired) electrons. The molecule has 0 aliphatic carbocycles. The van der Waals surface area contributed by atoms with E-state index in [0.29, 0.717) is 74.1 Å². The molecule has 11 nitrogen and oxygen atoms in total. The van der Waals surface area contributed by atoms with Crippen LogP contribution < -0.4 is 20.1 Å². The maximum Gasteiger partial charge on any atom is 0.338 e. The molecule has 1 atom stereocenters. The fraction of sp³-hybridized carbons (Fsp3) is 0.560. The molecule has 2 heterocycles. The molecule has 11 heteroatoms. The van der Waals surface area contributed by atoms with Crippen molar-refractivity contribution >= 4 is 18.0 Å². The van der Waals surface area contributed by atoms with E-state index in [9.17, 15) is 14.4 Å². The minimum atomic E-state index is -0.741. The van der Waals surface area contributed by atoms with Gasteiger partial charge in [-0.3, -0.25) is 9.80 Å². The second-order valence-corrected chi connectivity index (χ2v) is 8.45. The molecule has 1 fully saturated rings. The lowest BCUT2D eigenvalue weighted by Crippen LogP contribution is -2.55. The van der Waals surface area contributed by atoms with E-state index in [1.807, 2.05) is 13.8 Å². The molecule has 2 N–H and O–H groups in total. The van der Waals surface area contributed by atoms with Gasteiger partial charge in [0.25, 0.3) is 0 Å². The van der Waals surface area contributed by atoms with Gasteiger partial charge < -0.3 is 29.7 Å². The van der Waals surface area contributed by atoms with Gasteiger partial charge in [-0.15, -0.1) is 0 Å². The normalized spacial score (nSPS) is 18.6. The van der Waals surface area contributed by atoms with E-state index in [2.05, 4.69) is 15.5 Å². The van der Waals surface area contributed by atoms with Crippen LogP contribution >= 0.6 is 0 Å². The average Bonchev–Trinajstić information content (AvgIpc) is 2.88. The number of amides is 4. The van der Waals surface area contributed by atoms with Crippen molar-refractivity contribution in [1.29, 1.82) is 0 Å². The monoisotopic (exact) mass is 503 g/mol. The average molecular weight is 504 g/mol. The summed E-state index contributed by atoms with van der Waals surface area (Å²) in [6.45, 7) is 9.39. The minimum absolute atomic E-state index is 0.0807. The van der Waals surface area contributed by atoms with Crippen LogP contribution in [0.1, 0.15) is 32.4 Å². The smallest absolute Gasteiger partial charge is 0.338 e. The zero-order chi connectivity index (χ0) is 26.2. The molecular weight excluding hydrogens is 466 g/mol. The maximum atomic E-state index is 13.3. The standard InChI is InChI=1S/C25H37N5O6/c1-6-26-24(32)29-11-9-28(10-12-29)16-20-21(23(31)36-8-3)22(27-25(33)30(20)7-2)17-13-18(34-4)15-19(14-17)35-5/h13-15,22H,6-12,16H2,1-5H3,(H,26,32)(H,27,33)/t22-/m0/s1. The van der Waals surface area contributed by atoms with Crippen molar-refractivity contribution in [2.24, 2.45) is 0 Å². The zero-order valence-corrected chi connectivity index (χ0v) is 21.8. The van der Waals surface area contributed by atoms with Crippen molar-refractivity contribution in [1.82, 2.24) is 25.3 Å². The number of esters is 1. The number of likely N-dealkylation sites (N-methyl/N-ethyl adjacent to an activating group) is 1. The number of carbonyl (C=O) groups excluding carboxylic acids is 3. The van der Waals surface area contributed by atoms with Crippen LogP contribution in [-0.2, 0) is 9.53 Å². The molecule has 0 aromatic heterocycles. The SMILES string of the molecule is CCNC(=O)N1CCN(CC2=C(C(=O)OCC)[C@H](c3cc(OC)cc(OC)c3)NC(=O)N2CC)CC1. The summed E-state index contributed by atoms with van der Waals surface area (Å²) in [5.41, 5.74) is 1.62. The Hall–Kier alpha value is -3.47. The largest absolute Gasteiger partial charge is 0.497 e. The lowest BCUT2D eigenvalue weighted by molar-refractivity contribution is -0.139. The molecule has 198 valence electrons. The number of nitrogens with zero attached hydrogens (tertiary/aromatic N) is 3. The Bertz CT molecular complexity index is 967. The molecule has 1 saturated heterocycles. The molecule has 0 unspecified atom stereocenters. The summed E-state index contributed by atoms with van der Waals surface area (Å²) < 4.78 is 16.3. The van der Waals surface area contributed by atoms with Gasteiger partial charge in [-0.2, -0.15) is 0 Å². The Kier molecular flexibility index (Phi) is 9.40. The van der Waals surface area contributed by atoms with Gasteiger partial charge in [-0.1, -0.05) is 0 Å². The Labute approximate surface area is 212 Å². The maximum absolute atomic E-state index is 13.3. The molecule has 0 spiro atoms. The zero-order valence-electron chi connectivity index (χ0n) is 21.8. The first-order chi connectivity index (χ1) is 17.4. The third-order valence-corrected chi connectivity index (χ3v) is 6.32. The van der Waals surface area contributed by atoms with Crippen molar-refractivity contribution in [3.8, 4) is 11.5 Å². The van der Waals surface area contributed by atoms with Crippen LogP contribution in [0.5, 0.6) is 11.5 Å². The molecule has 0 bridgehead atoms. The number of nitrogens with one attached hydrogen (secondary N) is 2. The van der Waals surface area contributed by atoms with Crippen molar-refractivity contribution in [2.75, 3.05) is 66.6 Å². The summed E-state index contributed by atoms with van der Waals surface area (Å²) >= 11 is 0. The van der Waals surface area contributed by atoms with E-state index in [1.165, 1.54) is 0 Å². The number of urea groups is 2. The second-order valence-electron chi connectivity index (χ2n) is 8.45. The lowest BCUT2D eigenvalue weighted by Gasteiger charge is -2.40. The number of carbonyl (C=O) groups is 3. The van der Waals surface area contributed by atoms with Crippen LogP contribution in [0.4, 0.5) is 9.59 Å². The van der Waals surface area contributed by atoms with Crippen LogP contribution in [-0.4, -0.2) is 99.4 Å². The number of methoxy groups -OCH3 is 2. The summed E-state index contributed by atoms with van der Waals surface area (Å²) in [5.74, 6) is 0.601. The second kappa shape index (κ2) is 12.5. The number of piperazine rings is 1. The van der Waals surface area contributed by atoms with Gasteiger partial charge in [0.15, 0.2) is 0 Å². The molecule has 36 heavy (non-hydrogen) atoms. The third kappa shape index (κ3) is 6.01. The first-order valence-electron chi connectivity index (χ1n) is 12.3. The van der Waals surface area contributed by atoms with Crippen LogP contribution in [0, 0.1) is 0 Å². The van der Waals surface area contributed by atoms with Crippen molar-refractivity contribution in [3.05, 3.63) is 35.0 Å². The van der Waals surface area contributed by atoms with E-state index in [-0.39, 0.29) is 18.7 Å². The van der Waals surface area contributed by atoms with Gasteiger partial charge in [-0.05, 0) is 38.5 Å². The van der Waals surface area contributed by atoms with Gasteiger partial charge in [0.1, 0.15) is 11.5 Å². The summed E-state index contributed by atoms with van der Waals surface area (Å²) in [6, 6.07) is 4.16. The molecule has 1 aromatic carbocycles. The summed E-state index contributed by atoms with van der Waals surface area (Å²) in [5, 5.41) is 5.79. The summed E-state index contributed by atoms with van der Waals surface area (Å²) in [6.07, 6.45) is 0. The highest BCUT2D eigenvalue weighted by molar-refractivity contribution is 5.95. The number of ether oxygens (including phenoxy) is 3. The predicted molar refractivity (Wildman–Crippen MR) is 134 cm³/mol. The van der Waals surface area contributed by atoms with E-state index in [0.717, 1.165) is 0 Å². The van der Waals surface area contributed by atoms with E-state index in [4.69, 9.17) is 14.2 Å². The van der Waals surface area contributed by atoms with Crippen LogP contribution in [0.2, 0.25) is 0 Å². The van der Waals surface area contributed by atoms with E-state index < -0.39 is 12.0 Å². The van der Waals surface area contributed by atoms with Crippen molar-refractivity contribution in [2.45, 2.75) is 26.8 Å². The van der Waals surface area contributed by atoms with Gasteiger partial charge in [-0.25, -0.2) is 14.4 Å². The van der Waals surface area contributed by atoms with Crippen molar-refractivity contribution in [3.63, 3.8) is 0 Å². The van der Waals surface area contributed by atoms with Crippen LogP contribution in [0.15, 0.2) is 29.5 Å². The van der Waals surface area contributed by atoms with Gasteiger partial charge >= 0.3 is 18.0 Å². The minimum Gasteiger partial charge on any atom is -0.497 e. The number of hydrogen-bond acceptors (Lipinski definition) is 7. The Morgan fingerprint density at radius 1 is 1.03 bits per heavy atom. The number of hydrogen-bond donors (Lipinski definition) is 2. The summed E-state index contributed by atoms with van der Waals surface area (Å²) in [4.78, 5) is 44.2. The Morgan fingerprint density at radius 3 is 2.19 bits per heavy atom. The predicted octanol–water partition coefficient (Wildman–Crippen LogP) is 1.95. The van der Waals surface area contributed by atoms with E-state index in [1.54, 1.807) is 49.1 Å². The third-order valence-electron chi connectivity index (χ3n) is 6.32. The quantitative estimate of drug-likeness (QED) is 0.496. The molecule has 4 amide bonds.